The smallest absolute Gasteiger partial charge is 0.407 e. The Morgan fingerprint density at radius 3 is 2.16 bits per heavy atom. The maximum atomic E-state index is 14.8. The molecule has 2 amide bonds. The summed E-state index contributed by atoms with van der Waals surface area (Å²) < 4.78 is 41.0. The van der Waals surface area contributed by atoms with Gasteiger partial charge in [-0.25, -0.2) is 18.4 Å². The third-order valence-electron chi connectivity index (χ3n) is 5.08. The summed E-state index contributed by atoms with van der Waals surface area (Å²) in [4.78, 5) is 24.2. The zero-order valence-electron chi connectivity index (χ0n) is 18.8. The van der Waals surface area contributed by atoms with E-state index in [1.54, 1.807) is 13.8 Å². The molecule has 2 heterocycles. The molecule has 174 valence electrons. The Labute approximate surface area is 186 Å². The zero-order valence-corrected chi connectivity index (χ0v) is 18.8. The van der Waals surface area contributed by atoms with Crippen LogP contribution in [0.2, 0.25) is 0 Å². The summed E-state index contributed by atoms with van der Waals surface area (Å²) in [6.07, 6.45) is 0.363. The minimum absolute atomic E-state index is 0.0544. The molecule has 1 aliphatic heterocycles. The first-order chi connectivity index (χ1) is 15.2. The molecule has 0 saturated carbocycles. The first-order valence-corrected chi connectivity index (χ1v) is 10.7. The molecule has 1 aromatic carbocycles. The van der Waals surface area contributed by atoms with Crippen LogP contribution in [-0.4, -0.2) is 28.8 Å². The van der Waals surface area contributed by atoms with E-state index in [0.29, 0.717) is 29.8 Å². The number of carbonyl (C=O) groups excluding carboxylic acids is 2. The molecule has 0 fully saturated rings. The van der Waals surface area contributed by atoms with Gasteiger partial charge < -0.3 is 24.7 Å². The first-order valence-electron chi connectivity index (χ1n) is 10.7. The van der Waals surface area contributed by atoms with Gasteiger partial charge in [0.1, 0.15) is 24.8 Å². The quantitative estimate of drug-likeness (QED) is 0.645. The number of alkyl carbamates (subject to hydrolysis) is 2. The van der Waals surface area contributed by atoms with Crippen LogP contribution in [0.15, 0.2) is 18.2 Å². The highest BCUT2D eigenvalue weighted by molar-refractivity contribution is 5.72. The summed E-state index contributed by atoms with van der Waals surface area (Å²) in [6.45, 7) is 7.68. The number of benzene rings is 1. The highest BCUT2D eigenvalue weighted by Gasteiger charge is 2.29. The highest BCUT2D eigenvalue weighted by Crippen LogP contribution is 2.38. The summed E-state index contributed by atoms with van der Waals surface area (Å²) >= 11 is 0. The van der Waals surface area contributed by atoms with E-state index >= 15 is 0 Å². The van der Waals surface area contributed by atoms with Crippen LogP contribution in [0.3, 0.4) is 0 Å². The van der Waals surface area contributed by atoms with Crippen LogP contribution in [0.4, 0.5) is 18.4 Å². The fourth-order valence-electron chi connectivity index (χ4n) is 3.86. The minimum atomic E-state index is -0.713. The van der Waals surface area contributed by atoms with Gasteiger partial charge in [0.25, 0.3) is 0 Å². The molecule has 0 atom stereocenters. The predicted molar refractivity (Wildman–Crippen MR) is 115 cm³/mol. The molecular weight excluding hydrogens is 420 g/mol. The maximum absolute atomic E-state index is 14.8. The van der Waals surface area contributed by atoms with E-state index in [1.165, 1.54) is 12.1 Å². The van der Waals surface area contributed by atoms with Gasteiger partial charge in [0, 0.05) is 47.1 Å². The lowest BCUT2D eigenvalue weighted by Gasteiger charge is -2.14. The second kappa shape index (κ2) is 10.0. The van der Waals surface area contributed by atoms with E-state index in [1.807, 2.05) is 18.4 Å². The molecule has 1 aromatic heterocycles. The van der Waals surface area contributed by atoms with Crippen molar-refractivity contribution in [1.29, 1.82) is 0 Å². The van der Waals surface area contributed by atoms with Crippen LogP contribution in [0, 0.1) is 11.6 Å². The first kappa shape index (κ1) is 23.6. The Morgan fingerprint density at radius 2 is 1.59 bits per heavy atom. The van der Waals surface area contributed by atoms with Crippen molar-refractivity contribution < 1.29 is 27.8 Å². The third-order valence-corrected chi connectivity index (χ3v) is 5.08. The van der Waals surface area contributed by atoms with Crippen molar-refractivity contribution in [3.63, 3.8) is 0 Å². The zero-order chi connectivity index (χ0) is 23.4. The molecule has 7 nitrogen and oxygen atoms in total. The second-order valence-corrected chi connectivity index (χ2v) is 8.38. The second-order valence-electron chi connectivity index (χ2n) is 8.38. The number of nitrogens with zero attached hydrogens (tertiary/aromatic N) is 1. The number of hydrogen-bond acceptors (Lipinski definition) is 4. The van der Waals surface area contributed by atoms with Crippen LogP contribution in [0.25, 0.3) is 11.3 Å². The molecule has 3 rings (SSSR count). The van der Waals surface area contributed by atoms with Gasteiger partial charge in [0.2, 0.25) is 0 Å². The summed E-state index contributed by atoms with van der Waals surface area (Å²) in [6, 6.07) is 3.19. The van der Waals surface area contributed by atoms with E-state index in [2.05, 4.69) is 10.6 Å². The van der Waals surface area contributed by atoms with Gasteiger partial charge in [-0.1, -0.05) is 0 Å². The van der Waals surface area contributed by atoms with Gasteiger partial charge in [-0.15, -0.1) is 0 Å². The minimum Gasteiger partial charge on any atom is -0.445 e. The molecule has 0 saturated heterocycles. The van der Waals surface area contributed by atoms with Gasteiger partial charge in [-0.3, -0.25) is 0 Å². The third kappa shape index (κ3) is 5.38. The van der Waals surface area contributed by atoms with Gasteiger partial charge in [0.15, 0.2) is 0 Å². The molecule has 0 bridgehead atoms. The SMILES string of the molecule is CC(C)NC(=O)OCc1c(COC(=O)NC(C)C)c(-c2ccc(F)cc2F)n2c1CCC2. The van der Waals surface area contributed by atoms with Crippen LogP contribution in [0.1, 0.15) is 50.9 Å². The molecule has 32 heavy (non-hydrogen) atoms. The number of nitrogens with one attached hydrogen (secondary N) is 2. The fourth-order valence-corrected chi connectivity index (χ4v) is 3.86. The topological polar surface area (TPSA) is 81.6 Å². The average molecular weight is 449 g/mol. The Hall–Kier alpha value is -3.10. The van der Waals surface area contributed by atoms with Crippen molar-refractivity contribution in [2.45, 2.75) is 72.4 Å². The number of halogens is 2. The number of hydrogen-bond donors (Lipinski definition) is 2. The number of rotatable bonds is 7. The summed E-state index contributed by atoms with van der Waals surface area (Å²) in [5, 5.41) is 5.31. The predicted octanol–water partition coefficient (Wildman–Crippen LogP) is 4.65. The standard InChI is InChI=1S/C23H29F2N3O4/c1-13(2)26-22(29)31-11-17-18(12-32-23(30)27-14(3)4)21(28-9-5-6-20(17)28)16-8-7-15(24)10-19(16)25/h7-8,10,13-14H,5-6,9,11-12H2,1-4H3,(H,26,29)(H,27,30). The van der Waals surface area contributed by atoms with Crippen molar-refractivity contribution in [3.8, 4) is 11.3 Å². The molecular formula is C23H29F2N3O4. The van der Waals surface area contributed by atoms with E-state index in [4.69, 9.17) is 9.47 Å². The van der Waals surface area contributed by atoms with Gasteiger partial charge in [-0.05, 0) is 52.7 Å². The van der Waals surface area contributed by atoms with Crippen LogP contribution >= 0.6 is 0 Å². The molecule has 9 heteroatoms. The summed E-state index contributed by atoms with van der Waals surface area (Å²) in [5.41, 5.74) is 2.83. The normalized spacial score (nSPS) is 12.8. The summed E-state index contributed by atoms with van der Waals surface area (Å²) in [5.74, 6) is -1.39. The van der Waals surface area contributed by atoms with E-state index in [0.717, 1.165) is 18.2 Å². The molecule has 0 unspecified atom stereocenters. The van der Waals surface area contributed by atoms with Crippen LogP contribution < -0.4 is 10.6 Å². The average Bonchev–Trinajstić information content (AvgIpc) is 3.25. The van der Waals surface area contributed by atoms with Gasteiger partial charge >= 0.3 is 12.2 Å². The fraction of sp³-hybridized carbons (Fsp3) is 0.478. The Bertz CT molecular complexity index is 1000. The number of fused-ring (bicyclic) bond motifs is 1. The van der Waals surface area contributed by atoms with E-state index < -0.39 is 23.8 Å². The number of ether oxygens (including phenoxy) is 2. The lowest BCUT2D eigenvalue weighted by atomic mass is 10.0. The summed E-state index contributed by atoms with van der Waals surface area (Å²) in [7, 11) is 0. The monoisotopic (exact) mass is 449 g/mol. The largest absolute Gasteiger partial charge is 0.445 e. The highest BCUT2D eigenvalue weighted by atomic mass is 19.1. The Morgan fingerprint density at radius 1 is 1.00 bits per heavy atom. The van der Waals surface area contributed by atoms with Crippen molar-refractivity contribution in [2.75, 3.05) is 0 Å². The van der Waals surface area contributed by atoms with Crippen molar-refractivity contribution in [1.82, 2.24) is 15.2 Å². The van der Waals surface area contributed by atoms with Crippen LogP contribution in [-0.2, 0) is 35.7 Å². The van der Waals surface area contributed by atoms with Crippen molar-refractivity contribution in [2.24, 2.45) is 0 Å². The number of amides is 2. The molecule has 0 radical (unpaired) electrons. The van der Waals surface area contributed by atoms with E-state index in [9.17, 15) is 18.4 Å². The lowest BCUT2D eigenvalue weighted by molar-refractivity contribution is 0.129. The Balaban J connectivity index is 2.01. The van der Waals surface area contributed by atoms with Crippen molar-refractivity contribution in [3.05, 3.63) is 46.7 Å². The molecule has 0 spiro atoms. The van der Waals surface area contributed by atoms with Crippen molar-refractivity contribution >= 4 is 12.2 Å². The van der Waals surface area contributed by atoms with Crippen LogP contribution in [0.5, 0.6) is 0 Å². The van der Waals surface area contributed by atoms with Gasteiger partial charge in [-0.2, -0.15) is 0 Å². The number of carbonyl (C=O) groups is 2. The molecule has 1 aliphatic rings. The lowest BCUT2D eigenvalue weighted by Crippen LogP contribution is -2.31. The van der Waals surface area contributed by atoms with E-state index in [-0.39, 0.29) is 30.9 Å². The molecule has 2 N–H and O–H groups in total. The number of aromatic nitrogens is 1. The van der Waals surface area contributed by atoms with Gasteiger partial charge in [0.05, 0.1) is 5.69 Å². The maximum Gasteiger partial charge on any atom is 0.407 e. The molecule has 0 aliphatic carbocycles. The molecule has 2 aromatic rings. The Kier molecular flexibility index (Phi) is 7.37.